The van der Waals surface area contributed by atoms with Crippen LogP contribution >= 0.6 is 0 Å². The Morgan fingerprint density at radius 1 is 1.10 bits per heavy atom. The number of ether oxygens (including phenoxy) is 1. The third-order valence-corrected chi connectivity index (χ3v) is 4.67. The van der Waals surface area contributed by atoms with Gasteiger partial charge in [-0.1, -0.05) is 6.42 Å². The van der Waals surface area contributed by atoms with Crippen LogP contribution in [0.15, 0.2) is 0 Å². The molecular weight excluding hydrogens is 258 g/mol. The highest BCUT2D eigenvalue weighted by Gasteiger charge is 2.41. The molecule has 2 bridgehead atoms. The minimum absolute atomic E-state index is 0.0420. The van der Waals surface area contributed by atoms with Crippen molar-refractivity contribution in [2.45, 2.75) is 51.0 Å². The first-order chi connectivity index (χ1) is 9.63. The fraction of sp³-hybridized carbons (Fsp3) is 0.800. The number of esters is 1. The van der Waals surface area contributed by atoms with Gasteiger partial charge < -0.3 is 10.1 Å². The Morgan fingerprint density at radius 2 is 1.75 bits per heavy atom. The van der Waals surface area contributed by atoms with Crippen molar-refractivity contribution >= 4 is 17.7 Å². The van der Waals surface area contributed by atoms with E-state index in [0.29, 0.717) is 18.6 Å². The van der Waals surface area contributed by atoms with Gasteiger partial charge >= 0.3 is 5.97 Å². The van der Waals surface area contributed by atoms with E-state index in [1.807, 2.05) is 0 Å². The molecule has 0 aliphatic heterocycles. The van der Waals surface area contributed by atoms with E-state index in [1.54, 1.807) is 0 Å². The second-order valence-corrected chi connectivity index (χ2v) is 6.34. The SMILES string of the molecule is O=C(COC(=O)C1C[C@H]2CCC[C@@H](C1)C2=O)NC1CC1. The normalized spacial score (nSPS) is 32.6. The third kappa shape index (κ3) is 3.02. The van der Waals surface area contributed by atoms with E-state index in [2.05, 4.69) is 5.32 Å². The summed E-state index contributed by atoms with van der Waals surface area (Å²) < 4.78 is 5.11. The van der Waals surface area contributed by atoms with Crippen molar-refractivity contribution in [1.29, 1.82) is 0 Å². The van der Waals surface area contributed by atoms with Crippen LogP contribution < -0.4 is 5.32 Å². The van der Waals surface area contributed by atoms with E-state index in [1.165, 1.54) is 0 Å². The Morgan fingerprint density at radius 3 is 2.35 bits per heavy atom. The van der Waals surface area contributed by atoms with Crippen LogP contribution in [-0.2, 0) is 19.1 Å². The van der Waals surface area contributed by atoms with E-state index >= 15 is 0 Å². The first-order valence-electron chi connectivity index (χ1n) is 7.63. The maximum atomic E-state index is 12.0. The second kappa shape index (κ2) is 5.54. The van der Waals surface area contributed by atoms with Crippen molar-refractivity contribution in [3.8, 4) is 0 Å². The van der Waals surface area contributed by atoms with E-state index in [-0.39, 0.29) is 42.3 Å². The maximum Gasteiger partial charge on any atom is 0.309 e. The van der Waals surface area contributed by atoms with E-state index in [0.717, 1.165) is 32.1 Å². The highest BCUT2D eigenvalue weighted by atomic mass is 16.5. The lowest BCUT2D eigenvalue weighted by Gasteiger charge is -2.36. The molecule has 3 atom stereocenters. The number of carbonyl (C=O) groups is 3. The molecule has 0 aromatic heterocycles. The molecular formula is C15H21NO4. The van der Waals surface area contributed by atoms with E-state index in [4.69, 9.17) is 4.74 Å². The minimum Gasteiger partial charge on any atom is -0.455 e. The van der Waals surface area contributed by atoms with Crippen molar-refractivity contribution in [3.05, 3.63) is 0 Å². The van der Waals surface area contributed by atoms with Crippen LogP contribution in [-0.4, -0.2) is 30.3 Å². The van der Waals surface area contributed by atoms with Crippen molar-refractivity contribution in [3.63, 3.8) is 0 Å². The zero-order valence-electron chi connectivity index (χ0n) is 11.6. The number of rotatable bonds is 4. The molecule has 3 rings (SSSR count). The smallest absolute Gasteiger partial charge is 0.309 e. The average molecular weight is 279 g/mol. The van der Waals surface area contributed by atoms with Crippen molar-refractivity contribution in [2.75, 3.05) is 6.61 Å². The van der Waals surface area contributed by atoms with Gasteiger partial charge in [-0.05, 0) is 38.5 Å². The monoisotopic (exact) mass is 279 g/mol. The highest BCUT2D eigenvalue weighted by molar-refractivity contribution is 5.88. The molecule has 0 heterocycles. The fourth-order valence-corrected chi connectivity index (χ4v) is 3.42. The van der Waals surface area contributed by atoms with E-state index in [9.17, 15) is 14.4 Å². The molecule has 5 heteroatoms. The maximum absolute atomic E-state index is 12.0. The van der Waals surface area contributed by atoms with Gasteiger partial charge in [-0.2, -0.15) is 0 Å². The summed E-state index contributed by atoms with van der Waals surface area (Å²) in [4.78, 5) is 35.5. The zero-order chi connectivity index (χ0) is 14.1. The van der Waals surface area contributed by atoms with Gasteiger partial charge in [-0.3, -0.25) is 14.4 Å². The van der Waals surface area contributed by atoms with Crippen molar-refractivity contribution in [1.82, 2.24) is 5.32 Å². The summed E-state index contributed by atoms with van der Waals surface area (Å²) in [6.07, 6.45) is 6.16. The third-order valence-electron chi connectivity index (χ3n) is 4.67. The summed E-state index contributed by atoms with van der Waals surface area (Å²) in [5.41, 5.74) is 0. The molecule has 1 amide bonds. The van der Waals surface area contributed by atoms with Crippen molar-refractivity contribution in [2.24, 2.45) is 17.8 Å². The topological polar surface area (TPSA) is 72.5 Å². The molecule has 110 valence electrons. The Kier molecular flexibility index (Phi) is 3.76. The van der Waals surface area contributed by atoms with Gasteiger partial charge in [0.1, 0.15) is 5.78 Å². The molecule has 3 aliphatic rings. The lowest BCUT2D eigenvalue weighted by atomic mass is 9.67. The molecule has 0 aromatic rings. The fourth-order valence-electron chi connectivity index (χ4n) is 3.42. The quantitative estimate of drug-likeness (QED) is 0.785. The van der Waals surface area contributed by atoms with Gasteiger partial charge in [0.15, 0.2) is 6.61 Å². The Bertz CT molecular complexity index is 414. The summed E-state index contributed by atoms with van der Waals surface area (Å²) in [7, 11) is 0. The highest BCUT2D eigenvalue weighted by Crippen LogP contribution is 2.40. The molecule has 0 radical (unpaired) electrons. The first kappa shape index (κ1) is 13.6. The van der Waals surface area contributed by atoms with Crippen LogP contribution in [0.5, 0.6) is 0 Å². The summed E-state index contributed by atoms with van der Waals surface area (Å²) in [6.45, 7) is -0.185. The van der Waals surface area contributed by atoms with Crippen LogP contribution in [0.1, 0.15) is 44.9 Å². The standard InChI is InChI=1S/C15H21NO4/c17-13(16-12-4-5-12)8-20-15(19)11-6-9-2-1-3-10(7-11)14(9)18/h9-12H,1-8H2,(H,16,17)/t9-,10+,11?. The van der Waals surface area contributed by atoms with Crippen LogP contribution in [0.25, 0.3) is 0 Å². The Labute approximate surface area is 118 Å². The number of hydrogen-bond acceptors (Lipinski definition) is 4. The summed E-state index contributed by atoms with van der Waals surface area (Å²) in [5.74, 6) is -0.294. The first-order valence-corrected chi connectivity index (χ1v) is 7.63. The van der Waals surface area contributed by atoms with Gasteiger partial charge in [0.05, 0.1) is 5.92 Å². The van der Waals surface area contributed by atoms with Gasteiger partial charge in [0.25, 0.3) is 5.91 Å². The predicted molar refractivity (Wildman–Crippen MR) is 70.7 cm³/mol. The zero-order valence-corrected chi connectivity index (χ0v) is 11.6. The molecule has 5 nitrogen and oxygen atoms in total. The molecule has 3 fully saturated rings. The van der Waals surface area contributed by atoms with Crippen molar-refractivity contribution < 1.29 is 19.1 Å². The molecule has 0 spiro atoms. The summed E-state index contributed by atoms with van der Waals surface area (Å²) in [6, 6.07) is 0.285. The molecule has 0 aromatic carbocycles. The Balaban J connectivity index is 1.47. The second-order valence-electron chi connectivity index (χ2n) is 6.34. The minimum atomic E-state index is -0.305. The number of ketones is 1. The number of nitrogens with one attached hydrogen (secondary N) is 1. The van der Waals surface area contributed by atoms with E-state index < -0.39 is 0 Å². The molecule has 3 saturated carbocycles. The molecule has 0 saturated heterocycles. The molecule has 1 unspecified atom stereocenters. The van der Waals surface area contributed by atoms with Crippen LogP contribution in [0.2, 0.25) is 0 Å². The van der Waals surface area contributed by atoms with Crippen LogP contribution in [0.4, 0.5) is 0 Å². The average Bonchev–Trinajstić information content (AvgIpc) is 3.19. The summed E-state index contributed by atoms with van der Waals surface area (Å²) >= 11 is 0. The lowest BCUT2D eigenvalue weighted by Crippen LogP contribution is -2.40. The number of carbonyl (C=O) groups excluding carboxylic acids is 3. The van der Waals surface area contributed by atoms with Gasteiger partial charge in [0.2, 0.25) is 0 Å². The van der Waals surface area contributed by atoms with Gasteiger partial charge in [-0.25, -0.2) is 0 Å². The molecule has 3 aliphatic carbocycles. The van der Waals surface area contributed by atoms with Gasteiger partial charge in [-0.15, -0.1) is 0 Å². The Hall–Kier alpha value is -1.39. The number of amides is 1. The number of fused-ring (bicyclic) bond motifs is 2. The summed E-state index contributed by atoms with van der Waals surface area (Å²) in [5, 5.41) is 2.79. The molecule has 1 N–H and O–H groups in total. The molecule has 20 heavy (non-hydrogen) atoms. The predicted octanol–water partition coefficient (Wildman–Crippen LogP) is 1.20. The number of hydrogen-bond donors (Lipinski definition) is 1. The lowest BCUT2D eigenvalue weighted by molar-refractivity contribution is -0.156. The van der Waals surface area contributed by atoms with Gasteiger partial charge in [0, 0.05) is 17.9 Å². The number of Topliss-reactive ketones (excluding diaryl/α,β-unsaturated/α-hetero) is 1. The largest absolute Gasteiger partial charge is 0.455 e. The van der Waals surface area contributed by atoms with Crippen LogP contribution in [0.3, 0.4) is 0 Å². The van der Waals surface area contributed by atoms with Crippen LogP contribution in [0, 0.1) is 17.8 Å².